The van der Waals surface area contributed by atoms with Crippen molar-refractivity contribution in [3.8, 4) is 0 Å². The van der Waals surface area contributed by atoms with Gasteiger partial charge in [0, 0.05) is 29.9 Å². The first-order valence-electron chi connectivity index (χ1n) is 5.81. The van der Waals surface area contributed by atoms with Gasteiger partial charge in [0.15, 0.2) is 0 Å². The van der Waals surface area contributed by atoms with Crippen LogP contribution in [0.15, 0.2) is 16.3 Å². The third-order valence-electron chi connectivity index (χ3n) is 3.26. The van der Waals surface area contributed by atoms with E-state index >= 15 is 0 Å². The first-order valence-corrected chi connectivity index (χ1v) is 7.14. The zero-order chi connectivity index (χ0) is 12.4. The Balaban J connectivity index is 2.04. The summed E-state index contributed by atoms with van der Waals surface area (Å²) >= 11 is 5.71. The van der Waals surface area contributed by atoms with Crippen molar-refractivity contribution in [2.45, 2.75) is 23.8 Å². The molecule has 0 aliphatic carbocycles. The molecule has 1 aromatic rings. The molecule has 1 aliphatic heterocycles. The maximum atomic E-state index is 12.2. The van der Waals surface area contributed by atoms with Crippen molar-refractivity contribution >= 4 is 29.9 Å². The Morgan fingerprint density at radius 1 is 1.65 bits per heavy atom. The summed E-state index contributed by atoms with van der Waals surface area (Å²) in [6.07, 6.45) is 2.27. The summed E-state index contributed by atoms with van der Waals surface area (Å²) in [5.74, 6) is 0.121. The predicted octanol–water partition coefficient (Wildman–Crippen LogP) is 2.20. The second-order valence-electron chi connectivity index (χ2n) is 4.64. The quantitative estimate of drug-likeness (QED) is 0.833. The molecule has 1 saturated heterocycles. The van der Waals surface area contributed by atoms with Crippen molar-refractivity contribution in [3.63, 3.8) is 0 Å². The number of thiol groups is 1. The Morgan fingerprint density at radius 2 is 2.41 bits per heavy atom. The lowest BCUT2D eigenvalue weighted by molar-refractivity contribution is 0.0648. The van der Waals surface area contributed by atoms with Crippen LogP contribution in [0.3, 0.4) is 0 Å². The normalized spacial score (nSPS) is 21.5. The van der Waals surface area contributed by atoms with Crippen LogP contribution >= 0.6 is 24.0 Å². The number of thiophene rings is 1. The van der Waals surface area contributed by atoms with E-state index in [0.29, 0.717) is 6.04 Å². The van der Waals surface area contributed by atoms with Gasteiger partial charge < -0.3 is 9.80 Å². The Labute approximate surface area is 112 Å². The van der Waals surface area contributed by atoms with Gasteiger partial charge in [0.2, 0.25) is 0 Å². The van der Waals surface area contributed by atoms with Crippen LogP contribution < -0.4 is 0 Å². The SMILES string of the molecule is CN1CCCC(N(C)C(=O)c2cc(S)cs2)C1. The van der Waals surface area contributed by atoms with E-state index in [1.807, 2.05) is 23.4 Å². The number of likely N-dealkylation sites (tertiary alicyclic amines) is 1. The van der Waals surface area contributed by atoms with Crippen LogP contribution in [0, 0.1) is 0 Å². The molecule has 0 bridgehead atoms. The lowest BCUT2D eigenvalue weighted by atomic mass is 10.1. The van der Waals surface area contributed by atoms with E-state index in [9.17, 15) is 4.79 Å². The highest BCUT2D eigenvalue weighted by Gasteiger charge is 2.25. The highest BCUT2D eigenvalue weighted by molar-refractivity contribution is 7.80. The molecular weight excluding hydrogens is 252 g/mol. The first kappa shape index (κ1) is 12.9. The first-order chi connectivity index (χ1) is 8.08. The summed E-state index contributed by atoms with van der Waals surface area (Å²) in [6, 6.07) is 2.19. The molecular formula is C12H18N2OS2. The minimum absolute atomic E-state index is 0.121. The van der Waals surface area contributed by atoms with Crippen molar-refractivity contribution in [1.82, 2.24) is 9.80 Å². The fraction of sp³-hybridized carbons (Fsp3) is 0.583. The van der Waals surface area contributed by atoms with Gasteiger partial charge in [0.25, 0.3) is 5.91 Å². The molecule has 1 atom stereocenters. The van der Waals surface area contributed by atoms with Gasteiger partial charge in [-0.15, -0.1) is 24.0 Å². The van der Waals surface area contributed by atoms with E-state index in [1.54, 1.807) is 0 Å². The molecule has 5 heteroatoms. The van der Waals surface area contributed by atoms with Crippen molar-refractivity contribution < 1.29 is 4.79 Å². The second-order valence-corrected chi connectivity index (χ2v) is 6.07. The van der Waals surface area contributed by atoms with E-state index in [2.05, 4.69) is 24.6 Å². The van der Waals surface area contributed by atoms with E-state index < -0.39 is 0 Å². The van der Waals surface area contributed by atoms with Crippen LogP contribution in [0.4, 0.5) is 0 Å². The molecule has 0 aromatic carbocycles. The van der Waals surface area contributed by atoms with Crippen LogP contribution in [0.1, 0.15) is 22.5 Å². The molecule has 0 spiro atoms. The minimum atomic E-state index is 0.121. The van der Waals surface area contributed by atoms with Gasteiger partial charge in [0.1, 0.15) is 0 Å². The summed E-state index contributed by atoms with van der Waals surface area (Å²) in [4.78, 5) is 18.1. The molecule has 2 rings (SSSR count). The van der Waals surface area contributed by atoms with E-state index in [1.165, 1.54) is 17.8 Å². The van der Waals surface area contributed by atoms with Gasteiger partial charge in [-0.2, -0.15) is 0 Å². The number of carbonyl (C=O) groups is 1. The number of hydrogen-bond donors (Lipinski definition) is 1. The van der Waals surface area contributed by atoms with Crippen molar-refractivity contribution in [2.75, 3.05) is 27.2 Å². The van der Waals surface area contributed by atoms with Crippen LogP contribution in [0.25, 0.3) is 0 Å². The molecule has 1 amide bonds. The summed E-state index contributed by atoms with van der Waals surface area (Å²) in [5, 5.41) is 1.90. The number of likely N-dealkylation sites (N-methyl/N-ethyl adjacent to an activating group) is 2. The van der Waals surface area contributed by atoms with Crippen molar-refractivity contribution in [1.29, 1.82) is 0 Å². The largest absolute Gasteiger partial charge is 0.337 e. The van der Waals surface area contributed by atoms with Gasteiger partial charge in [-0.25, -0.2) is 0 Å². The molecule has 1 fully saturated rings. The van der Waals surface area contributed by atoms with E-state index in [-0.39, 0.29) is 5.91 Å². The third-order valence-corrected chi connectivity index (χ3v) is 4.62. The van der Waals surface area contributed by atoms with Crippen molar-refractivity contribution in [3.05, 3.63) is 16.3 Å². The summed E-state index contributed by atoms with van der Waals surface area (Å²) < 4.78 is 0. The zero-order valence-corrected chi connectivity index (χ0v) is 11.9. The average molecular weight is 270 g/mol. The molecule has 1 unspecified atom stereocenters. The second kappa shape index (κ2) is 5.42. The number of piperidine rings is 1. The Bertz CT molecular complexity index is 405. The third kappa shape index (κ3) is 3.03. The zero-order valence-electron chi connectivity index (χ0n) is 10.2. The number of hydrogen-bond acceptors (Lipinski definition) is 4. The van der Waals surface area contributed by atoms with Gasteiger partial charge in [-0.05, 0) is 32.5 Å². The fourth-order valence-corrected chi connectivity index (χ4v) is 3.36. The molecule has 94 valence electrons. The van der Waals surface area contributed by atoms with Gasteiger partial charge in [-0.3, -0.25) is 4.79 Å². The van der Waals surface area contributed by atoms with Crippen LogP contribution in [0.2, 0.25) is 0 Å². The highest BCUT2D eigenvalue weighted by Crippen LogP contribution is 2.21. The Kier molecular flexibility index (Phi) is 4.12. The van der Waals surface area contributed by atoms with Gasteiger partial charge in [-0.1, -0.05) is 0 Å². The number of carbonyl (C=O) groups excluding carboxylic acids is 1. The van der Waals surface area contributed by atoms with Crippen LogP contribution in [-0.2, 0) is 0 Å². The van der Waals surface area contributed by atoms with Gasteiger partial charge >= 0.3 is 0 Å². The lowest BCUT2D eigenvalue weighted by Crippen LogP contribution is -2.47. The Hall–Kier alpha value is -0.520. The molecule has 1 aliphatic rings. The topological polar surface area (TPSA) is 23.6 Å². The minimum Gasteiger partial charge on any atom is -0.337 e. The molecule has 0 N–H and O–H groups in total. The maximum Gasteiger partial charge on any atom is 0.263 e. The number of rotatable bonds is 2. The monoisotopic (exact) mass is 270 g/mol. The predicted molar refractivity (Wildman–Crippen MR) is 74.2 cm³/mol. The molecule has 3 nitrogen and oxygen atoms in total. The molecule has 0 saturated carbocycles. The lowest BCUT2D eigenvalue weighted by Gasteiger charge is -2.35. The fourth-order valence-electron chi connectivity index (χ4n) is 2.23. The van der Waals surface area contributed by atoms with E-state index in [4.69, 9.17) is 0 Å². The highest BCUT2D eigenvalue weighted by atomic mass is 32.1. The summed E-state index contributed by atoms with van der Waals surface area (Å²) in [7, 11) is 4.02. The van der Waals surface area contributed by atoms with Gasteiger partial charge in [0.05, 0.1) is 4.88 Å². The summed E-state index contributed by atoms with van der Waals surface area (Å²) in [5.41, 5.74) is 0. The average Bonchev–Trinajstić information content (AvgIpc) is 2.74. The number of amides is 1. The smallest absolute Gasteiger partial charge is 0.263 e. The summed E-state index contributed by atoms with van der Waals surface area (Å²) in [6.45, 7) is 2.11. The van der Waals surface area contributed by atoms with E-state index in [0.717, 1.165) is 29.3 Å². The molecule has 17 heavy (non-hydrogen) atoms. The van der Waals surface area contributed by atoms with Crippen LogP contribution in [0.5, 0.6) is 0 Å². The maximum absolute atomic E-state index is 12.2. The Morgan fingerprint density at radius 3 is 3.00 bits per heavy atom. The van der Waals surface area contributed by atoms with Crippen molar-refractivity contribution in [2.24, 2.45) is 0 Å². The molecule has 1 aromatic heterocycles. The molecule has 2 heterocycles. The number of nitrogens with zero attached hydrogens (tertiary/aromatic N) is 2. The molecule has 0 radical (unpaired) electrons. The standard InChI is InChI=1S/C12H18N2OS2/c1-13-5-3-4-9(7-13)14(2)12(15)11-6-10(16)8-17-11/h6,8-9,16H,3-5,7H2,1-2H3. The van der Waals surface area contributed by atoms with Crippen LogP contribution in [-0.4, -0.2) is 48.9 Å².